The first-order chi connectivity index (χ1) is 10.3. The van der Waals surface area contributed by atoms with Crippen molar-refractivity contribution in [1.29, 1.82) is 0 Å². The van der Waals surface area contributed by atoms with E-state index in [0.29, 0.717) is 0 Å². The number of rotatable bonds is 3. The van der Waals surface area contributed by atoms with Crippen LogP contribution in [-0.4, -0.2) is 10.9 Å². The van der Waals surface area contributed by atoms with Gasteiger partial charge in [-0.05, 0) is 23.8 Å². The molecule has 0 aliphatic rings. The second-order valence-corrected chi connectivity index (χ2v) is 4.64. The van der Waals surface area contributed by atoms with E-state index < -0.39 is 0 Å². The maximum absolute atomic E-state index is 12.0. The van der Waals surface area contributed by atoms with Crippen LogP contribution in [0.5, 0.6) is 0 Å². The highest BCUT2D eigenvalue weighted by molar-refractivity contribution is 6.07. The van der Waals surface area contributed by atoms with Crippen LogP contribution in [0.1, 0.15) is 5.56 Å². The highest BCUT2D eigenvalue weighted by atomic mass is 16.1. The number of amides is 1. The lowest BCUT2D eigenvalue weighted by Crippen LogP contribution is -2.08. The molecule has 0 saturated heterocycles. The lowest BCUT2D eigenvalue weighted by molar-refractivity contribution is -0.111. The quantitative estimate of drug-likeness (QED) is 0.736. The number of anilines is 1. The number of nitrogens with zero attached hydrogens (tertiary/aromatic N) is 1. The molecule has 0 bridgehead atoms. The number of carbonyl (C=O) groups excluding carboxylic acids is 1. The van der Waals surface area contributed by atoms with Crippen LogP contribution in [0.15, 0.2) is 73.1 Å². The van der Waals surface area contributed by atoms with Crippen LogP contribution in [0.25, 0.3) is 16.8 Å². The Bertz CT molecular complexity index is 789. The zero-order chi connectivity index (χ0) is 14.5. The molecule has 0 aliphatic heterocycles. The molecule has 0 unspecified atom stereocenters. The van der Waals surface area contributed by atoms with E-state index in [0.717, 1.165) is 22.0 Å². The molecule has 0 fully saturated rings. The van der Waals surface area contributed by atoms with Crippen molar-refractivity contribution in [3.63, 3.8) is 0 Å². The number of aromatic nitrogens is 1. The summed E-state index contributed by atoms with van der Waals surface area (Å²) in [7, 11) is 0. The molecule has 102 valence electrons. The van der Waals surface area contributed by atoms with Crippen LogP contribution < -0.4 is 5.32 Å². The molecule has 0 aliphatic carbocycles. The fourth-order valence-electron chi connectivity index (χ4n) is 2.14. The summed E-state index contributed by atoms with van der Waals surface area (Å²) in [4.78, 5) is 16.1. The highest BCUT2D eigenvalue weighted by Gasteiger charge is 2.02. The maximum Gasteiger partial charge on any atom is 0.248 e. The maximum atomic E-state index is 12.0. The number of hydrogen-bond acceptors (Lipinski definition) is 2. The Morgan fingerprint density at radius 3 is 2.71 bits per heavy atom. The summed E-state index contributed by atoms with van der Waals surface area (Å²) in [6.07, 6.45) is 6.83. The van der Waals surface area contributed by atoms with Gasteiger partial charge in [0.05, 0.1) is 0 Å². The zero-order valence-electron chi connectivity index (χ0n) is 11.4. The van der Waals surface area contributed by atoms with E-state index >= 15 is 0 Å². The Morgan fingerprint density at radius 1 is 1.00 bits per heavy atom. The van der Waals surface area contributed by atoms with E-state index in [1.807, 2.05) is 54.6 Å². The van der Waals surface area contributed by atoms with E-state index in [4.69, 9.17) is 0 Å². The average Bonchev–Trinajstić information content (AvgIpc) is 2.54. The molecule has 0 saturated carbocycles. The monoisotopic (exact) mass is 274 g/mol. The fourth-order valence-corrected chi connectivity index (χ4v) is 2.14. The molecule has 3 nitrogen and oxygen atoms in total. The van der Waals surface area contributed by atoms with E-state index in [2.05, 4.69) is 10.3 Å². The average molecular weight is 274 g/mol. The van der Waals surface area contributed by atoms with Crippen molar-refractivity contribution in [2.75, 3.05) is 5.32 Å². The third-order valence-electron chi connectivity index (χ3n) is 3.17. The first-order valence-electron chi connectivity index (χ1n) is 6.70. The van der Waals surface area contributed by atoms with Crippen molar-refractivity contribution in [3.05, 3.63) is 78.6 Å². The normalized spacial score (nSPS) is 10.9. The SMILES string of the molecule is O=C(/C=C/c1ccccc1)Nc1cccc2cnccc12. The zero-order valence-corrected chi connectivity index (χ0v) is 11.4. The van der Waals surface area contributed by atoms with Gasteiger partial charge in [-0.2, -0.15) is 0 Å². The first-order valence-corrected chi connectivity index (χ1v) is 6.70. The molecule has 3 aromatic rings. The molecular formula is C18H14N2O. The molecule has 3 heteroatoms. The number of pyridine rings is 1. The second kappa shape index (κ2) is 6.01. The summed E-state index contributed by atoms with van der Waals surface area (Å²) in [5, 5.41) is 4.88. The molecule has 21 heavy (non-hydrogen) atoms. The minimum absolute atomic E-state index is 0.150. The summed E-state index contributed by atoms with van der Waals surface area (Å²) < 4.78 is 0. The standard InChI is InChI=1S/C18H14N2O/c21-18(10-9-14-5-2-1-3-6-14)20-17-8-4-7-15-13-19-12-11-16(15)17/h1-13H,(H,20,21)/b10-9+. The third kappa shape index (κ3) is 3.15. The summed E-state index contributed by atoms with van der Waals surface area (Å²) in [6, 6.07) is 17.4. The minimum Gasteiger partial charge on any atom is -0.322 e. The second-order valence-electron chi connectivity index (χ2n) is 4.64. The molecular weight excluding hydrogens is 260 g/mol. The predicted octanol–water partition coefficient (Wildman–Crippen LogP) is 3.89. The Kier molecular flexibility index (Phi) is 3.74. The third-order valence-corrected chi connectivity index (χ3v) is 3.17. The van der Waals surface area contributed by atoms with Gasteiger partial charge in [0.15, 0.2) is 0 Å². The van der Waals surface area contributed by atoms with Crippen molar-refractivity contribution >= 4 is 28.4 Å². The molecule has 0 spiro atoms. The van der Waals surface area contributed by atoms with Gasteiger partial charge in [0.1, 0.15) is 0 Å². The van der Waals surface area contributed by atoms with Gasteiger partial charge >= 0.3 is 0 Å². The highest BCUT2D eigenvalue weighted by Crippen LogP contribution is 2.22. The summed E-state index contributed by atoms with van der Waals surface area (Å²) in [5.74, 6) is -0.150. The van der Waals surface area contributed by atoms with E-state index in [9.17, 15) is 4.79 Å². The van der Waals surface area contributed by atoms with Crippen molar-refractivity contribution < 1.29 is 4.79 Å². The van der Waals surface area contributed by atoms with Crippen molar-refractivity contribution in [1.82, 2.24) is 4.98 Å². The number of carbonyl (C=O) groups is 1. The predicted molar refractivity (Wildman–Crippen MR) is 85.8 cm³/mol. The van der Waals surface area contributed by atoms with Gasteiger partial charge in [0, 0.05) is 34.9 Å². The number of nitrogens with one attached hydrogen (secondary N) is 1. The van der Waals surface area contributed by atoms with E-state index in [-0.39, 0.29) is 5.91 Å². The van der Waals surface area contributed by atoms with Crippen LogP contribution in [-0.2, 0) is 4.79 Å². The molecule has 0 radical (unpaired) electrons. The Morgan fingerprint density at radius 2 is 1.86 bits per heavy atom. The smallest absolute Gasteiger partial charge is 0.248 e. The van der Waals surface area contributed by atoms with E-state index in [1.54, 1.807) is 18.5 Å². The van der Waals surface area contributed by atoms with Crippen LogP contribution in [0.3, 0.4) is 0 Å². The molecule has 0 atom stereocenters. The Labute approximate surface area is 123 Å². The van der Waals surface area contributed by atoms with Gasteiger partial charge in [-0.25, -0.2) is 0 Å². The Balaban J connectivity index is 1.79. The lowest BCUT2D eigenvalue weighted by Gasteiger charge is -2.06. The van der Waals surface area contributed by atoms with Crippen molar-refractivity contribution in [2.45, 2.75) is 0 Å². The van der Waals surface area contributed by atoms with Gasteiger partial charge in [-0.3, -0.25) is 9.78 Å². The topological polar surface area (TPSA) is 42.0 Å². The number of fused-ring (bicyclic) bond motifs is 1. The van der Waals surface area contributed by atoms with Crippen molar-refractivity contribution in [3.8, 4) is 0 Å². The number of benzene rings is 2. The van der Waals surface area contributed by atoms with Crippen LogP contribution in [0.2, 0.25) is 0 Å². The van der Waals surface area contributed by atoms with E-state index in [1.165, 1.54) is 6.08 Å². The van der Waals surface area contributed by atoms with Gasteiger partial charge in [-0.15, -0.1) is 0 Å². The van der Waals surface area contributed by atoms with Crippen LogP contribution >= 0.6 is 0 Å². The Hall–Kier alpha value is -2.94. The summed E-state index contributed by atoms with van der Waals surface area (Å²) in [5.41, 5.74) is 1.78. The van der Waals surface area contributed by atoms with Gasteiger partial charge in [-0.1, -0.05) is 42.5 Å². The van der Waals surface area contributed by atoms with Crippen LogP contribution in [0.4, 0.5) is 5.69 Å². The molecule has 3 rings (SSSR count). The summed E-state index contributed by atoms with van der Waals surface area (Å²) in [6.45, 7) is 0. The largest absolute Gasteiger partial charge is 0.322 e. The molecule has 2 aromatic carbocycles. The van der Waals surface area contributed by atoms with Gasteiger partial charge in [0.2, 0.25) is 5.91 Å². The fraction of sp³-hybridized carbons (Fsp3) is 0. The molecule has 1 N–H and O–H groups in total. The van der Waals surface area contributed by atoms with Gasteiger partial charge < -0.3 is 5.32 Å². The lowest BCUT2D eigenvalue weighted by atomic mass is 10.1. The molecule has 1 heterocycles. The van der Waals surface area contributed by atoms with Crippen molar-refractivity contribution in [2.24, 2.45) is 0 Å². The first kappa shape index (κ1) is 13.1. The number of hydrogen-bond donors (Lipinski definition) is 1. The summed E-state index contributed by atoms with van der Waals surface area (Å²) >= 11 is 0. The van der Waals surface area contributed by atoms with Gasteiger partial charge in [0.25, 0.3) is 0 Å². The molecule has 1 amide bonds. The van der Waals surface area contributed by atoms with Crippen LogP contribution in [0, 0.1) is 0 Å². The molecule has 1 aromatic heterocycles. The minimum atomic E-state index is -0.150.